The number of thiophene rings is 1. The Morgan fingerprint density at radius 3 is 2.22 bits per heavy atom. The maximum atomic E-state index is 6.55. The molecule has 5 aromatic carbocycles. The highest BCUT2D eigenvalue weighted by Gasteiger charge is 2.21. The number of benzene rings is 5. The summed E-state index contributed by atoms with van der Waals surface area (Å²) in [5.41, 5.74) is 5.10. The molecule has 0 spiro atoms. The average Bonchev–Trinajstić information content (AvgIpc) is 3.51. The highest BCUT2D eigenvalue weighted by Crippen LogP contribution is 2.43. The van der Waals surface area contributed by atoms with E-state index >= 15 is 0 Å². The number of nitrogens with zero attached hydrogens (tertiary/aromatic N) is 2. The normalized spacial score (nSPS) is 11.9. The number of hydrogen-bond donors (Lipinski definition) is 0. The maximum absolute atomic E-state index is 6.55. The van der Waals surface area contributed by atoms with E-state index in [0.29, 0.717) is 16.4 Å². The van der Waals surface area contributed by atoms with Crippen molar-refractivity contribution in [2.24, 2.45) is 0 Å². The maximum Gasteiger partial charge on any atom is 0.180 e. The lowest BCUT2D eigenvalue weighted by Crippen LogP contribution is -1.95. The quantitative estimate of drug-likeness (QED) is 0.231. The van der Waals surface area contributed by atoms with Crippen molar-refractivity contribution in [1.82, 2.24) is 9.97 Å². The van der Waals surface area contributed by atoms with Crippen LogP contribution in [0.25, 0.3) is 75.7 Å². The molecule has 0 aliphatic carbocycles. The fourth-order valence-electron chi connectivity index (χ4n) is 5.28. The number of para-hydroxylation sites is 1. The second-order valence-electron chi connectivity index (χ2n) is 9.09. The number of rotatable bonds is 2. The smallest absolute Gasteiger partial charge is 0.180 e. The summed E-state index contributed by atoms with van der Waals surface area (Å²) in [5.74, 6) is 0.653. The SMILES string of the molecule is Clc1ccc(-c2nc(-c3cccc4c3sc3ccccc34)c3oc4ccccc4c3n2)c2ccccc12. The Morgan fingerprint density at radius 2 is 1.32 bits per heavy atom. The first kappa shape index (κ1) is 20.9. The van der Waals surface area contributed by atoms with Gasteiger partial charge in [0.1, 0.15) is 16.8 Å². The Balaban J connectivity index is 1.52. The molecule has 0 radical (unpaired) electrons. The van der Waals surface area contributed by atoms with E-state index in [2.05, 4.69) is 54.6 Å². The van der Waals surface area contributed by atoms with E-state index in [9.17, 15) is 0 Å². The Hall–Kier alpha value is -4.25. The summed E-state index contributed by atoms with van der Waals surface area (Å²) >= 11 is 8.33. The molecule has 8 aromatic rings. The van der Waals surface area contributed by atoms with Crippen LogP contribution in [0, 0.1) is 0 Å². The highest BCUT2D eigenvalue weighted by molar-refractivity contribution is 7.26. The van der Waals surface area contributed by atoms with Crippen LogP contribution in [0.2, 0.25) is 5.02 Å². The van der Waals surface area contributed by atoms with Crippen LogP contribution in [-0.2, 0) is 0 Å². The van der Waals surface area contributed by atoms with Gasteiger partial charge >= 0.3 is 0 Å². The zero-order chi connectivity index (χ0) is 24.5. The lowest BCUT2D eigenvalue weighted by Gasteiger charge is -2.10. The highest BCUT2D eigenvalue weighted by atomic mass is 35.5. The van der Waals surface area contributed by atoms with Gasteiger partial charge in [0.05, 0.1) is 0 Å². The van der Waals surface area contributed by atoms with Crippen LogP contribution in [-0.4, -0.2) is 9.97 Å². The molecule has 3 nitrogen and oxygen atoms in total. The topological polar surface area (TPSA) is 38.9 Å². The second kappa shape index (κ2) is 7.87. The number of fused-ring (bicyclic) bond motifs is 7. The molecule has 0 aliphatic rings. The summed E-state index contributed by atoms with van der Waals surface area (Å²) in [6.45, 7) is 0. The molecule has 0 bridgehead atoms. The van der Waals surface area contributed by atoms with Crippen LogP contribution in [0.1, 0.15) is 0 Å². The Bertz CT molecular complexity index is 2180. The molecule has 0 fully saturated rings. The summed E-state index contributed by atoms with van der Waals surface area (Å²) in [5, 5.41) is 6.17. The van der Waals surface area contributed by atoms with E-state index in [1.54, 1.807) is 11.3 Å². The van der Waals surface area contributed by atoms with Gasteiger partial charge in [0.25, 0.3) is 0 Å². The van der Waals surface area contributed by atoms with Crippen LogP contribution in [0.15, 0.2) is 108 Å². The number of aromatic nitrogens is 2. The number of furan rings is 1. The van der Waals surface area contributed by atoms with Gasteiger partial charge in [-0.3, -0.25) is 0 Å². The lowest BCUT2D eigenvalue weighted by molar-refractivity contribution is 0.667. The van der Waals surface area contributed by atoms with E-state index < -0.39 is 0 Å². The predicted molar refractivity (Wildman–Crippen MR) is 156 cm³/mol. The van der Waals surface area contributed by atoms with Gasteiger partial charge in [-0.2, -0.15) is 0 Å². The van der Waals surface area contributed by atoms with Gasteiger partial charge in [-0.1, -0.05) is 84.4 Å². The molecule has 0 amide bonds. The minimum Gasteiger partial charge on any atom is -0.452 e. The third kappa shape index (κ3) is 3.07. The Morgan fingerprint density at radius 1 is 0.595 bits per heavy atom. The molecule has 174 valence electrons. The minimum atomic E-state index is 0.653. The number of hydrogen-bond acceptors (Lipinski definition) is 4. The summed E-state index contributed by atoms with van der Waals surface area (Å²) in [4.78, 5) is 10.3. The molecule has 0 N–H and O–H groups in total. The largest absolute Gasteiger partial charge is 0.452 e. The van der Waals surface area contributed by atoms with E-state index in [4.69, 9.17) is 26.0 Å². The Kier molecular flexibility index (Phi) is 4.45. The fraction of sp³-hybridized carbons (Fsp3) is 0. The molecule has 5 heteroatoms. The molecular weight excluding hydrogens is 496 g/mol. The Labute approximate surface area is 220 Å². The summed E-state index contributed by atoms with van der Waals surface area (Å²) in [6, 6.07) is 35.1. The van der Waals surface area contributed by atoms with Crippen LogP contribution in [0.5, 0.6) is 0 Å². The van der Waals surface area contributed by atoms with Crippen LogP contribution >= 0.6 is 22.9 Å². The second-order valence-corrected chi connectivity index (χ2v) is 10.6. The van der Waals surface area contributed by atoms with E-state index in [1.807, 2.05) is 48.5 Å². The van der Waals surface area contributed by atoms with Crippen molar-refractivity contribution in [3.05, 3.63) is 108 Å². The van der Waals surface area contributed by atoms with Gasteiger partial charge in [0, 0.05) is 47.1 Å². The first-order valence-corrected chi connectivity index (χ1v) is 13.2. The van der Waals surface area contributed by atoms with E-state index in [1.165, 1.54) is 20.2 Å². The molecule has 0 saturated carbocycles. The monoisotopic (exact) mass is 512 g/mol. The molecule has 0 aliphatic heterocycles. The molecule has 8 rings (SSSR count). The first-order chi connectivity index (χ1) is 18.3. The fourth-order valence-corrected chi connectivity index (χ4v) is 6.73. The molecule has 37 heavy (non-hydrogen) atoms. The average molecular weight is 513 g/mol. The van der Waals surface area contributed by atoms with Crippen molar-refractivity contribution in [1.29, 1.82) is 0 Å². The van der Waals surface area contributed by atoms with Crippen molar-refractivity contribution in [2.45, 2.75) is 0 Å². The van der Waals surface area contributed by atoms with Crippen molar-refractivity contribution in [3.63, 3.8) is 0 Å². The van der Waals surface area contributed by atoms with Gasteiger partial charge in [-0.25, -0.2) is 9.97 Å². The number of halogens is 1. The van der Waals surface area contributed by atoms with Gasteiger partial charge < -0.3 is 4.42 Å². The third-order valence-corrected chi connectivity index (χ3v) is 8.54. The van der Waals surface area contributed by atoms with Crippen LogP contribution < -0.4 is 0 Å². The molecule has 3 heterocycles. The van der Waals surface area contributed by atoms with E-state index in [-0.39, 0.29) is 0 Å². The lowest BCUT2D eigenvalue weighted by atomic mass is 10.0. The van der Waals surface area contributed by atoms with E-state index in [0.717, 1.165) is 44.1 Å². The zero-order valence-electron chi connectivity index (χ0n) is 19.4. The molecule has 0 unspecified atom stereocenters. The standard InChI is InChI=1S/C32H17ClN2OS/c33-25-17-16-22(18-8-1-2-9-19(18)25)32-34-28-23-11-3-5-14-26(23)36-30(28)29(35-32)24-13-7-12-21-20-10-4-6-15-27(20)37-31(21)24/h1-17H. The van der Waals surface area contributed by atoms with Crippen molar-refractivity contribution in [2.75, 3.05) is 0 Å². The summed E-state index contributed by atoms with van der Waals surface area (Å²) in [6.07, 6.45) is 0. The molecule has 3 aromatic heterocycles. The first-order valence-electron chi connectivity index (χ1n) is 12.0. The third-order valence-electron chi connectivity index (χ3n) is 6.99. The molecular formula is C32H17ClN2OS. The van der Waals surface area contributed by atoms with Gasteiger partial charge in [-0.05, 0) is 35.7 Å². The zero-order valence-corrected chi connectivity index (χ0v) is 21.0. The van der Waals surface area contributed by atoms with Gasteiger partial charge in [0.15, 0.2) is 11.4 Å². The molecule has 0 saturated heterocycles. The molecule has 0 atom stereocenters. The van der Waals surface area contributed by atoms with Gasteiger partial charge in [0.2, 0.25) is 0 Å². The minimum absolute atomic E-state index is 0.653. The summed E-state index contributed by atoms with van der Waals surface area (Å²) in [7, 11) is 0. The predicted octanol–water partition coefficient (Wildman–Crippen LogP) is 9.88. The van der Waals surface area contributed by atoms with Gasteiger partial charge in [-0.15, -0.1) is 11.3 Å². The van der Waals surface area contributed by atoms with Crippen LogP contribution in [0.3, 0.4) is 0 Å². The summed E-state index contributed by atoms with van der Waals surface area (Å²) < 4.78 is 8.86. The van der Waals surface area contributed by atoms with Crippen molar-refractivity contribution in [3.8, 4) is 22.6 Å². The van der Waals surface area contributed by atoms with Crippen molar-refractivity contribution >= 4 is 76.0 Å². The van der Waals surface area contributed by atoms with Crippen molar-refractivity contribution < 1.29 is 4.42 Å². The van der Waals surface area contributed by atoms with Crippen LogP contribution in [0.4, 0.5) is 0 Å².